The summed E-state index contributed by atoms with van der Waals surface area (Å²) in [7, 11) is 5.50. The molecule has 1 aliphatic carbocycles. The van der Waals surface area contributed by atoms with Gasteiger partial charge < -0.3 is 25.8 Å². The lowest BCUT2D eigenvalue weighted by Gasteiger charge is -2.30. The number of likely N-dealkylation sites (N-methyl/N-ethyl adjacent to an activating group) is 2. The normalized spacial score (nSPS) is 17.4. The number of hydrogen-bond donors (Lipinski definition) is 3. The van der Waals surface area contributed by atoms with E-state index in [-0.39, 0.29) is 23.8 Å². The molecular formula is C30H41FN8O2. The first-order valence-corrected chi connectivity index (χ1v) is 14.1. The fraction of sp³-hybridized carbons (Fsp3) is 0.500. The summed E-state index contributed by atoms with van der Waals surface area (Å²) in [6.45, 7) is 5.18. The van der Waals surface area contributed by atoms with Gasteiger partial charge in [-0.2, -0.15) is 9.37 Å². The lowest BCUT2D eigenvalue weighted by Crippen LogP contribution is -2.49. The Morgan fingerprint density at radius 1 is 1.20 bits per heavy atom. The molecule has 220 valence electrons. The third-order valence-corrected chi connectivity index (χ3v) is 6.79. The summed E-state index contributed by atoms with van der Waals surface area (Å²) < 4.78 is 13.1. The molecule has 3 N–H and O–H groups in total. The average Bonchev–Trinajstić information content (AvgIpc) is 2.95. The van der Waals surface area contributed by atoms with Crippen LogP contribution in [0.25, 0.3) is 0 Å². The predicted octanol–water partition coefficient (Wildman–Crippen LogP) is 3.57. The number of pyridine rings is 1. The van der Waals surface area contributed by atoms with E-state index in [0.29, 0.717) is 29.6 Å². The van der Waals surface area contributed by atoms with Crippen LogP contribution in [0.2, 0.25) is 0 Å². The highest BCUT2D eigenvalue weighted by Crippen LogP contribution is 2.25. The van der Waals surface area contributed by atoms with Gasteiger partial charge in [-0.15, -0.1) is 0 Å². The van der Waals surface area contributed by atoms with Gasteiger partial charge in [-0.3, -0.25) is 9.59 Å². The first kappa shape index (κ1) is 31.5. The quantitative estimate of drug-likeness (QED) is 0.216. The number of rotatable bonds is 11. The molecule has 0 spiro atoms. The Balaban J connectivity index is 1.62. The van der Waals surface area contributed by atoms with Crippen molar-refractivity contribution in [1.82, 2.24) is 30.1 Å². The Kier molecular flexibility index (Phi) is 12.0. The number of carbonyl (C=O) groups excluding carboxylic acids is 2. The second-order valence-corrected chi connectivity index (χ2v) is 10.5. The van der Waals surface area contributed by atoms with Gasteiger partial charge >= 0.3 is 0 Å². The molecule has 3 rings (SSSR count). The molecule has 3 atom stereocenters. The molecular weight excluding hydrogens is 523 g/mol. The van der Waals surface area contributed by atoms with Crippen molar-refractivity contribution in [3.05, 3.63) is 48.2 Å². The maximum atomic E-state index is 13.1. The summed E-state index contributed by atoms with van der Waals surface area (Å²) in [5.74, 6) is 6.77. The molecule has 1 fully saturated rings. The number of anilines is 3. The Hall–Kier alpha value is -4.04. The van der Waals surface area contributed by atoms with Crippen LogP contribution < -0.4 is 16.0 Å². The van der Waals surface area contributed by atoms with Gasteiger partial charge in [0.2, 0.25) is 23.7 Å². The molecule has 1 saturated carbocycles. The minimum absolute atomic E-state index is 0.00406. The van der Waals surface area contributed by atoms with Crippen LogP contribution in [0.3, 0.4) is 0 Å². The lowest BCUT2D eigenvalue weighted by atomic mass is 9.86. The number of hydrogen-bond acceptors (Lipinski definition) is 8. The summed E-state index contributed by atoms with van der Waals surface area (Å²) in [4.78, 5) is 41.4. The van der Waals surface area contributed by atoms with Gasteiger partial charge in [0.05, 0.1) is 23.6 Å². The molecule has 41 heavy (non-hydrogen) atoms. The van der Waals surface area contributed by atoms with Crippen LogP contribution in [-0.2, 0) is 9.59 Å². The van der Waals surface area contributed by atoms with Crippen LogP contribution in [0.5, 0.6) is 0 Å². The molecule has 0 aliphatic heterocycles. The molecule has 0 radical (unpaired) electrons. The molecule has 1 aliphatic rings. The van der Waals surface area contributed by atoms with Gasteiger partial charge in [0, 0.05) is 38.2 Å². The second kappa shape index (κ2) is 15.7. The molecule has 0 aromatic carbocycles. The minimum Gasteiger partial charge on any atom is -0.369 e. The van der Waals surface area contributed by atoms with Gasteiger partial charge in [-0.25, -0.2) is 9.97 Å². The van der Waals surface area contributed by atoms with Crippen molar-refractivity contribution < 1.29 is 14.0 Å². The third-order valence-electron chi connectivity index (χ3n) is 6.79. The summed E-state index contributed by atoms with van der Waals surface area (Å²) in [5.41, 5.74) is 1.26. The van der Waals surface area contributed by atoms with E-state index in [4.69, 9.17) is 0 Å². The fourth-order valence-corrected chi connectivity index (χ4v) is 4.29. The average molecular weight is 565 g/mol. The van der Waals surface area contributed by atoms with E-state index in [1.807, 2.05) is 19.0 Å². The van der Waals surface area contributed by atoms with Crippen molar-refractivity contribution in [2.75, 3.05) is 44.9 Å². The highest BCUT2D eigenvalue weighted by molar-refractivity contribution is 5.92. The van der Waals surface area contributed by atoms with Crippen molar-refractivity contribution in [1.29, 1.82) is 0 Å². The number of halogens is 1. The van der Waals surface area contributed by atoms with E-state index in [1.54, 1.807) is 32.3 Å². The first-order chi connectivity index (χ1) is 19.7. The van der Waals surface area contributed by atoms with E-state index >= 15 is 0 Å². The fourth-order valence-electron chi connectivity index (χ4n) is 4.29. The van der Waals surface area contributed by atoms with Crippen LogP contribution >= 0.6 is 0 Å². The number of nitrogens with zero attached hydrogens (tertiary/aromatic N) is 5. The highest BCUT2D eigenvalue weighted by Gasteiger charge is 2.26. The van der Waals surface area contributed by atoms with Crippen molar-refractivity contribution in [2.24, 2.45) is 5.92 Å². The molecule has 2 heterocycles. The van der Waals surface area contributed by atoms with Gasteiger partial charge in [-0.05, 0) is 58.8 Å². The van der Waals surface area contributed by atoms with Crippen LogP contribution in [0.15, 0.2) is 36.7 Å². The highest BCUT2D eigenvalue weighted by atomic mass is 19.1. The van der Waals surface area contributed by atoms with Crippen molar-refractivity contribution >= 4 is 29.3 Å². The Morgan fingerprint density at radius 2 is 2.00 bits per heavy atom. The van der Waals surface area contributed by atoms with Gasteiger partial charge in [0.25, 0.3) is 0 Å². The SMILES string of the molecule is CCCNc1nc(Nc2ccc(F)nc2)ncc1C#C[C@@H]1CCC[C@H](NC(=O)[C@H](C)N(C)C(=O)/C=C/CN(C)C)C1. The topological polar surface area (TPSA) is 115 Å². The first-order valence-electron chi connectivity index (χ1n) is 14.1. The third kappa shape index (κ3) is 10.1. The molecule has 2 aromatic rings. The van der Waals surface area contributed by atoms with E-state index in [9.17, 15) is 14.0 Å². The zero-order chi connectivity index (χ0) is 29.8. The maximum absolute atomic E-state index is 13.1. The molecule has 2 amide bonds. The zero-order valence-electron chi connectivity index (χ0n) is 24.6. The van der Waals surface area contributed by atoms with Crippen LogP contribution in [0, 0.1) is 23.7 Å². The van der Waals surface area contributed by atoms with Crippen LogP contribution in [0.4, 0.5) is 21.8 Å². The molecule has 11 heteroatoms. The van der Waals surface area contributed by atoms with Crippen molar-refractivity contribution in [3.8, 4) is 11.8 Å². The molecule has 10 nitrogen and oxygen atoms in total. The van der Waals surface area contributed by atoms with E-state index in [1.165, 1.54) is 23.2 Å². The summed E-state index contributed by atoms with van der Waals surface area (Å²) >= 11 is 0. The maximum Gasteiger partial charge on any atom is 0.246 e. The van der Waals surface area contributed by atoms with E-state index < -0.39 is 12.0 Å². The second-order valence-electron chi connectivity index (χ2n) is 10.5. The Bertz CT molecular complexity index is 1260. The van der Waals surface area contributed by atoms with Gasteiger partial charge in [0.15, 0.2) is 0 Å². The Labute approximate surface area is 242 Å². The standard InChI is InChI=1S/C30H41FN8O2/c1-6-16-32-28-23(19-34-30(37-28)36-25-14-15-26(31)33-20-25)13-12-22-9-7-10-24(18-22)35-29(41)21(2)39(5)27(40)11-8-17-38(3)4/h8,11,14-15,19-22,24H,6-7,9-10,16-18H2,1-5H3,(H,35,41)(H2,32,34,36,37)/b11-8+/t21-,22-,24-/m0/s1. The predicted molar refractivity (Wildman–Crippen MR) is 159 cm³/mol. The number of nitrogens with one attached hydrogen (secondary N) is 3. The smallest absolute Gasteiger partial charge is 0.246 e. The van der Waals surface area contributed by atoms with Crippen molar-refractivity contribution in [2.45, 2.75) is 58.0 Å². The van der Waals surface area contributed by atoms with Crippen LogP contribution in [-0.4, -0.2) is 82.9 Å². The molecule has 0 bridgehead atoms. The van der Waals surface area contributed by atoms with Gasteiger partial charge in [-0.1, -0.05) is 31.3 Å². The lowest BCUT2D eigenvalue weighted by molar-refractivity contribution is -0.135. The van der Waals surface area contributed by atoms with Crippen molar-refractivity contribution in [3.63, 3.8) is 0 Å². The summed E-state index contributed by atoms with van der Waals surface area (Å²) in [6, 6.07) is 2.24. The van der Waals surface area contributed by atoms with E-state index in [2.05, 4.69) is 49.7 Å². The molecule has 0 unspecified atom stereocenters. The number of amides is 2. The van der Waals surface area contributed by atoms with E-state index in [0.717, 1.165) is 38.6 Å². The number of aromatic nitrogens is 3. The zero-order valence-corrected chi connectivity index (χ0v) is 24.6. The largest absolute Gasteiger partial charge is 0.369 e. The Morgan fingerprint density at radius 3 is 2.71 bits per heavy atom. The van der Waals surface area contributed by atoms with Gasteiger partial charge in [0.1, 0.15) is 11.9 Å². The van der Waals surface area contributed by atoms with Crippen LogP contribution in [0.1, 0.15) is 51.5 Å². The monoisotopic (exact) mass is 564 g/mol. The molecule has 0 saturated heterocycles. The molecule has 2 aromatic heterocycles. The summed E-state index contributed by atoms with van der Waals surface area (Å²) in [6.07, 6.45) is 10.8. The number of carbonyl (C=O) groups is 2. The summed E-state index contributed by atoms with van der Waals surface area (Å²) in [5, 5.41) is 9.46. The minimum atomic E-state index is -0.583.